The van der Waals surface area contributed by atoms with Crippen molar-refractivity contribution in [2.45, 2.75) is 39.5 Å². The molecular weight excluding hydrogens is 156 g/mol. The first-order valence-corrected chi connectivity index (χ1v) is 4.65. The van der Waals surface area contributed by atoms with E-state index in [1.807, 2.05) is 0 Å². The van der Waals surface area contributed by atoms with Crippen LogP contribution in [0.4, 0.5) is 0 Å². The summed E-state index contributed by atoms with van der Waals surface area (Å²) in [5.74, 6) is 0. The molecule has 0 aromatic heterocycles. The smallest absolute Gasteiger partial charge is 0.0699 e. The van der Waals surface area contributed by atoms with Crippen LogP contribution in [0.15, 0.2) is 0 Å². The Hall–Kier alpha value is -0.160. The Labute approximate surface area is 74.5 Å². The number of unbranched alkanes of at least 4 members (excludes halogenated alkanes) is 2. The fraction of sp³-hybridized carbons (Fsp3) is 1.00. The molecular formula is C8H20N2O2. The highest BCUT2D eigenvalue weighted by Gasteiger charge is 1.86. The summed E-state index contributed by atoms with van der Waals surface area (Å²) in [6.07, 6.45) is 4.39. The minimum absolute atomic E-state index is 0.709. The Morgan fingerprint density at radius 3 is 1.58 bits per heavy atom. The Bertz CT molecular complexity index is 71.5. The average molecular weight is 176 g/mol. The monoisotopic (exact) mass is 176 g/mol. The molecule has 12 heavy (non-hydrogen) atoms. The molecule has 0 radical (unpaired) electrons. The standard InChI is InChI=1S/C8H20N2O2/c1-3-5-7-11-9-10-12-8-6-4-2/h9-10H,3-8H2,1-2H3. The normalized spacial score (nSPS) is 10.5. The molecule has 0 saturated heterocycles. The molecule has 0 aliphatic heterocycles. The van der Waals surface area contributed by atoms with Gasteiger partial charge in [-0.3, -0.25) is 9.68 Å². The van der Waals surface area contributed by atoms with Crippen LogP contribution >= 0.6 is 0 Å². The fourth-order valence-corrected chi connectivity index (χ4v) is 0.594. The summed E-state index contributed by atoms with van der Waals surface area (Å²) < 4.78 is 0. The quantitative estimate of drug-likeness (QED) is 0.413. The van der Waals surface area contributed by atoms with Gasteiger partial charge in [0.25, 0.3) is 0 Å². The topological polar surface area (TPSA) is 42.5 Å². The molecule has 2 N–H and O–H groups in total. The SMILES string of the molecule is CCCCONNOCCCC. The van der Waals surface area contributed by atoms with Crippen molar-refractivity contribution in [3.05, 3.63) is 0 Å². The van der Waals surface area contributed by atoms with Crippen LogP contribution in [0.2, 0.25) is 0 Å². The van der Waals surface area contributed by atoms with Crippen molar-refractivity contribution in [3.63, 3.8) is 0 Å². The van der Waals surface area contributed by atoms with Crippen LogP contribution in [0.1, 0.15) is 39.5 Å². The number of hydrogen-bond acceptors (Lipinski definition) is 4. The van der Waals surface area contributed by atoms with Gasteiger partial charge in [-0.05, 0) is 12.8 Å². The highest BCUT2D eigenvalue weighted by Crippen LogP contribution is 1.85. The third-order valence-electron chi connectivity index (χ3n) is 1.39. The second-order valence-corrected chi connectivity index (χ2v) is 2.61. The van der Waals surface area contributed by atoms with Crippen LogP contribution in [0.3, 0.4) is 0 Å². The zero-order chi connectivity index (χ0) is 9.07. The first kappa shape index (κ1) is 11.8. The lowest BCUT2D eigenvalue weighted by Gasteiger charge is -2.06. The van der Waals surface area contributed by atoms with E-state index < -0.39 is 0 Å². The number of hydrazine groups is 1. The lowest BCUT2D eigenvalue weighted by molar-refractivity contribution is -0.110. The molecule has 0 atom stereocenters. The maximum Gasteiger partial charge on any atom is 0.0699 e. The molecule has 0 aromatic rings. The second-order valence-electron chi connectivity index (χ2n) is 2.61. The van der Waals surface area contributed by atoms with E-state index in [0.717, 1.165) is 25.7 Å². The van der Waals surface area contributed by atoms with E-state index in [1.165, 1.54) is 0 Å². The summed E-state index contributed by atoms with van der Waals surface area (Å²) in [4.78, 5) is 9.94. The van der Waals surface area contributed by atoms with Crippen molar-refractivity contribution in [1.82, 2.24) is 11.2 Å². The van der Waals surface area contributed by atoms with Gasteiger partial charge < -0.3 is 0 Å². The Morgan fingerprint density at radius 2 is 1.25 bits per heavy atom. The zero-order valence-electron chi connectivity index (χ0n) is 8.06. The highest BCUT2D eigenvalue weighted by molar-refractivity contribution is 4.28. The predicted molar refractivity (Wildman–Crippen MR) is 48.0 cm³/mol. The van der Waals surface area contributed by atoms with E-state index in [2.05, 4.69) is 25.0 Å². The van der Waals surface area contributed by atoms with Crippen molar-refractivity contribution in [2.75, 3.05) is 13.2 Å². The highest BCUT2D eigenvalue weighted by atomic mass is 16.8. The van der Waals surface area contributed by atoms with Crippen molar-refractivity contribution < 1.29 is 9.68 Å². The third-order valence-corrected chi connectivity index (χ3v) is 1.39. The van der Waals surface area contributed by atoms with Gasteiger partial charge in [0.1, 0.15) is 0 Å². The molecule has 0 spiro atoms. The van der Waals surface area contributed by atoms with Crippen LogP contribution in [-0.2, 0) is 9.68 Å². The van der Waals surface area contributed by atoms with Gasteiger partial charge in [-0.25, -0.2) is 0 Å². The summed E-state index contributed by atoms with van der Waals surface area (Å²) in [5.41, 5.74) is 5.01. The molecule has 74 valence electrons. The van der Waals surface area contributed by atoms with Gasteiger partial charge in [0.05, 0.1) is 13.2 Å². The minimum atomic E-state index is 0.709. The van der Waals surface area contributed by atoms with Crippen LogP contribution in [0.25, 0.3) is 0 Å². The van der Waals surface area contributed by atoms with Crippen LogP contribution in [0.5, 0.6) is 0 Å². The lowest BCUT2D eigenvalue weighted by Crippen LogP contribution is -2.32. The van der Waals surface area contributed by atoms with Gasteiger partial charge in [0, 0.05) is 0 Å². The number of rotatable bonds is 9. The molecule has 0 bridgehead atoms. The van der Waals surface area contributed by atoms with Crippen LogP contribution in [0, 0.1) is 0 Å². The van der Waals surface area contributed by atoms with Gasteiger partial charge >= 0.3 is 0 Å². The van der Waals surface area contributed by atoms with Gasteiger partial charge in [0.2, 0.25) is 0 Å². The van der Waals surface area contributed by atoms with E-state index in [1.54, 1.807) is 0 Å². The zero-order valence-corrected chi connectivity index (χ0v) is 8.06. The first-order chi connectivity index (χ1) is 5.91. The van der Waals surface area contributed by atoms with Gasteiger partial charge in [0.15, 0.2) is 0 Å². The summed E-state index contributed by atoms with van der Waals surface area (Å²) in [6, 6.07) is 0. The molecule has 4 heteroatoms. The first-order valence-electron chi connectivity index (χ1n) is 4.65. The van der Waals surface area contributed by atoms with E-state index in [9.17, 15) is 0 Å². The summed E-state index contributed by atoms with van der Waals surface area (Å²) >= 11 is 0. The van der Waals surface area contributed by atoms with E-state index in [0.29, 0.717) is 13.2 Å². The molecule has 0 rings (SSSR count). The second kappa shape index (κ2) is 10.8. The van der Waals surface area contributed by atoms with Crippen molar-refractivity contribution in [3.8, 4) is 0 Å². The number of hydrogen-bond donors (Lipinski definition) is 2. The van der Waals surface area contributed by atoms with Crippen LogP contribution < -0.4 is 11.2 Å². The molecule has 0 heterocycles. The van der Waals surface area contributed by atoms with E-state index >= 15 is 0 Å². The van der Waals surface area contributed by atoms with Gasteiger partial charge in [-0.1, -0.05) is 26.7 Å². The average Bonchev–Trinajstić information content (AvgIpc) is 2.10. The summed E-state index contributed by atoms with van der Waals surface area (Å²) in [5, 5.41) is 0. The molecule has 0 saturated carbocycles. The van der Waals surface area contributed by atoms with Gasteiger partial charge in [-0.15, -0.1) is 11.2 Å². The maximum atomic E-state index is 4.97. The van der Waals surface area contributed by atoms with Crippen molar-refractivity contribution in [1.29, 1.82) is 0 Å². The molecule has 0 fully saturated rings. The van der Waals surface area contributed by atoms with Crippen molar-refractivity contribution in [2.24, 2.45) is 0 Å². The molecule has 0 aliphatic rings. The fourth-order valence-electron chi connectivity index (χ4n) is 0.594. The Morgan fingerprint density at radius 1 is 0.833 bits per heavy atom. The molecule has 0 aromatic carbocycles. The minimum Gasteiger partial charge on any atom is -0.285 e. The number of nitrogens with one attached hydrogen (secondary N) is 2. The predicted octanol–water partition coefficient (Wildman–Crippen LogP) is 1.54. The largest absolute Gasteiger partial charge is 0.285 e. The molecule has 0 amide bonds. The Balaban J connectivity index is 2.73. The molecule has 0 unspecified atom stereocenters. The van der Waals surface area contributed by atoms with Crippen LogP contribution in [-0.4, -0.2) is 13.2 Å². The lowest BCUT2D eigenvalue weighted by atomic mass is 10.4. The molecule has 0 aliphatic carbocycles. The molecule has 4 nitrogen and oxygen atoms in total. The van der Waals surface area contributed by atoms with E-state index in [-0.39, 0.29) is 0 Å². The third kappa shape index (κ3) is 9.84. The van der Waals surface area contributed by atoms with Gasteiger partial charge in [-0.2, -0.15) is 0 Å². The summed E-state index contributed by atoms with van der Waals surface area (Å²) in [7, 11) is 0. The van der Waals surface area contributed by atoms with Crippen molar-refractivity contribution >= 4 is 0 Å². The summed E-state index contributed by atoms with van der Waals surface area (Å²) in [6.45, 7) is 5.66. The van der Waals surface area contributed by atoms with E-state index in [4.69, 9.17) is 9.68 Å². The maximum absolute atomic E-state index is 4.97. The Kier molecular flexibility index (Phi) is 10.7.